The van der Waals surface area contributed by atoms with Gasteiger partial charge in [0, 0.05) is 11.3 Å². The van der Waals surface area contributed by atoms with E-state index in [9.17, 15) is 9.70 Å². The Kier molecular flexibility index (Phi) is 4.60. The fourth-order valence-corrected chi connectivity index (χ4v) is 2.02. The van der Waals surface area contributed by atoms with E-state index in [0.717, 1.165) is 15.7 Å². The van der Waals surface area contributed by atoms with E-state index in [2.05, 4.69) is 20.6 Å². The molecule has 0 aromatic carbocycles. The molecule has 17 heavy (non-hydrogen) atoms. The van der Waals surface area contributed by atoms with Crippen LogP contribution < -0.4 is 22.1 Å². The monoisotopic (exact) mass is 260 g/mol. The zero-order valence-corrected chi connectivity index (χ0v) is 9.86. The average Bonchev–Trinajstić information content (AvgIpc) is 2.60. The molecule has 1 aromatic rings. The van der Waals surface area contributed by atoms with Gasteiger partial charge in [0.2, 0.25) is 5.13 Å². The first-order valence-corrected chi connectivity index (χ1v) is 5.38. The Bertz CT molecular complexity index is 408. The van der Waals surface area contributed by atoms with Crippen LogP contribution in [-0.4, -0.2) is 17.6 Å². The summed E-state index contributed by atoms with van der Waals surface area (Å²) in [5, 5.41) is 3.60. The lowest BCUT2D eigenvalue weighted by atomic mass is 10.3. The smallest absolute Gasteiger partial charge is 0.332 e. The third kappa shape index (κ3) is 3.85. The summed E-state index contributed by atoms with van der Waals surface area (Å²) < 4.78 is 0. The molecule has 94 valence electrons. The number of primary amides is 1. The highest BCUT2D eigenvalue weighted by molar-refractivity contribution is 7.15. The number of nitrogens with one attached hydrogen (secondary N) is 1. The summed E-state index contributed by atoms with van der Waals surface area (Å²) in [6, 6.07) is -0.782. The molecule has 0 bridgehead atoms. The number of carbonyl (C=O) groups excluding carboxylic acids is 1. The maximum absolute atomic E-state index is 10.6. The molecule has 0 spiro atoms. The van der Waals surface area contributed by atoms with Crippen LogP contribution in [0.5, 0.6) is 0 Å². The van der Waals surface area contributed by atoms with Gasteiger partial charge in [-0.3, -0.25) is 0 Å². The number of anilines is 1. The van der Waals surface area contributed by atoms with Crippen LogP contribution in [0.1, 0.15) is 10.6 Å². The number of hydrogen-bond donors (Lipinski definition) is 3. The van der Waals surface area contributed by atoms with Crippen molar-refractivity contribution in [2.24, 2.45) is 16.9 Å². The molecule has 9 nitrogen and oxygen atoms in total. The number of amides is 2. The average molecular weight is 260 g/mol. The van der Waals surface area contributed by atoms with E-state index >= 15 is 0 Å². The maximum atomic E-state index is 10.6. The molecule has 1 aromatic heterocycles. The number of urea groups is 1. The van der Waals surface area contributed by atoms with Crippen LogP contribution >= 0.6 is 11.3 Å². The van der Waals surface area contributed by atoms with Gasteiger partial charge in [0.05, 0.1) is 5.69 Å². The number of aromatic nitrogens is 1. The Morgan fingerprint density at radius 3 is 3.00 bits per heavy atom. The predicted molar refractivity (Wildman–Crippen MR) is 61.7 cm³/mol. The number of thiazole rings is 1. The lowest BCUT2D eigenvalue weighted by molar-refractivity contribution is 0.143. The van der Waals surface area contributed by atoms with Crippen LogP contribution in [0.2, 0.25) is 0 Å². The molecule has 10 heteroatoms. The first-order chi connectivity index (χ1) is 8.04. The second-order valence-corrected chi connectivity index (χ2v) is 4.07. The standard InChI is InChI=1S/C7H12N6O3S/c1-4-5(2-3-16-12-15)17-7(10-4)13(9)11-6(8)14/h2-3,9H2,1H3,(H3,8,11,14). The molecule has 1 rings (SSSR count). The Hall–Kier alpha value is -1.94. The van der Waals surface area contributed by atoms with Crippen molar-refractivity contribution in [3.63, 3.8) is 0 Å². The normalized spacial score (nSPS) is 9.76. The van der Waals surface area contributed by atoms with Gasteiger partial charge in [-0.1, -0.05) is 11.3 Å². The lowest BCUT2D eigenvalue weighted by Gasteiger charge is -2.13. The molecule has 0 unspecified atom stereocenters. The van der Waals surface area contributed by atoms with Crippen molar-refractivity contribution >= 4 is 22.5 Å². The minimum absolute atomic E-state index is 0.166. The largest absolute Gasteiger partial charge is 0.364 e. The van der Waals surface area contributed by atoms with Gasteiger partial charge in [0.1, 0.15) is 6.61 Å². The van der Waals surface area contributed by atoms with E-state index in [0.29, 0.717) is 11.6 Å². The number of hydrazine groups is 2. The first kappa shape index (κ1) is 13.1. The van der Waals surface area contributed by atoms with Crippen LogP contribution in [0.3, 0.4) is 0 Å². The highest BCUT2D eigenvalue weighted by Crippen LogP contribution is 2.24. The molecule has 0 saturated heterocycles. The summed E-state index contributed by atoms with van der Waals surface area (Å²) in [5.41, 5.74) is 7.81. The molecule has 0 fully saturated rings. The molecular weight excluding hydrogens is 248 g/mol. The fourth-order valence-electron chi connectivity index (χ4n) is 1.09. The summed E-state index contributed by atoms with van der Waals surface area (Å²) >= 11 is 1.26. The van der Waals surface area contributed by atoms with E-state index in [-0.39, 0.29) is 6.61 Å². The SMILES string of the molecule is Cc1nc(N(N)NC(N)=O)sc1CCON=O. The van der Waals surface area contributed by atoms with E-state index in [1.54, 1.807) is 6.92 Å². The number of nitrogens with two attached hydrogens (primary N) is 2. The van der Waals surface area contributed by atoms with E-state index in [1.165, 1.54) is 11.3 Å². The van der Waals surface area contributed by atoms with Crippen molar-refractivity contribution in [3.05, 3.63) is 15.5 Å². The molecule has 0 aliphatic heterocycles. The molecule has 5 N–H and O–H groups in total. The van der Waals surface area contributed by atoms with Crippen LogP contribution in [0.4, 0.5) is 9.93 Å². The van der Waals surface area contributed by atoms with Crippen molar-refractivity contribution in [1.29, 1.82) is 0 Å². The van der Waals surface area contributed by atoms with E-state index in [4.69, 9.17) is 11.6 Å². The molecule has 0 atom stereocenters. The number of hydrogen-bond acceptors (Lipinski definition) is 8. The molecule has 0 saturated carbocycles. The Morgan fingerprint density at radius 1 is 1.71 bits per heavy atom. The minimum Gasteiger partial charge on any atom is -0.364 e. The topological polar surface area (TPSA) is 136 Å². The van der Waals surface area contributed by atoms with Crippen molar-refractivity contribution < 1.29 is 9.63 Å². The van der Waals surface area contributed by atoms with Gasteiger partial charge in [0.25, 0.3) is 0 Å². The van der Waals surface area contributed by atoms with Gasteiger partial charge >= 0.3 is 6.03 Å². The molecule has 0 aliphatic rings. The molecular formula is C7H12N6O3S. The number of aryl methyl sites for hydroxylation is 1. The highest BCUT2D eigenvalue weighted by atomic mass is 32.1. The van der Waals surface area contributed by atoms with Crippen molar-refractivity contribution in [1.82, 2.24) is 10.4 Å². The second-order valence-electron chi connectivity index (χ2n) is 3.01. The summed E-state index contributed by atoms with van der Waals surface area (Å²) in [6.07, 6.45) is 0.486. The van der Waals surface area contributed by atoms with Crippen LogP contribution in [-0.2, 0) is 11.3 Å². The number of nitrogens with zero attached hydrogens (tertiary/aromatic N) is 3. The van der Waals surface area contributed by atoms with Gasteiger partial charge in [-0.05, 0) is 6.92 Å². The zero-order valence-electron chi connectivity index (χ0n) is 9.04. The molecule has 0 radical (unpaired) electrons. The molecule has 2 amide bonds. The van der Waals surface area contributed by atoms with Crippen molar-refractivity contribution in [2.45, 2.75) is 13.3 Å². The fraction of sp³-hybridized carbons (Fsp3) is 0.429. The lowest BCUT2D eigenvalue weighted by Crippen LogP contribution is -2.49. The van der Waals surface area contributed by atoms with Crippen molar-refractivity contribution in [2.75, 3.05) is 11.7 Å². The Labute approximate surface area is 101 Å². The summed E-state index contributed by atoms with van der Waals surface area (Å²) in [5.74, 6) is 5.50. The number of carbonyl (C=O) groups is 1. The zero-order chi connectivity index (χ0) is 12.8. The van der Waals surface area contributed by atoms with Crippen LogP contribution in [0.25, 0.3) is 0 Å². The third-order valence-corrected chi connectivity index (χ3v) is 3.01. The van der Waals surface area contributed by atoms with Gasteiger partial charge in [0.15, 0.2) is 5.34 Å². The third-order valence-electron chi connectivity index (χ3n) is 1.79. The van der Waals surface area contributed by atoms with Gasteiger partial charge in [-0.15, -0.1) is 4.91 Å². The predicted octanol–water partition coefficient (Wildman–Crippen LogP) is -0.0446. The summed E-state index contributed by atoms with van der Waals surface area (Å²) in [7, 11) is 0. The second kappa shape index (κ2) is 5.96. The van der Waals surface area contributed by atoms with Gasteiger partial charge in [-0.25, -0.2) is 21.0 Å². The molecule has 0 aliphatic carbocycles. The Balaban J connectivity index is 2.66. The molecule has 1 heterocycles. The minimum atomic E-state index is -0.782. The number of rotatable bonds is 6. The summed E-state index contributed by atoms with van der Waals surface area (Å²) in [6.45, 7) is 1.95. The van der Waals surface area contributed by atoms with Crippen LogP contribution in [0.15, 0.2) is 5.34 Å². The van der Waals surface area contributed by atoms with E-state index < -0.39 is 6.03 Å². The van der Waals surface area contributed by atoms with Crippen LogP contribution in [0, 0.1) is 11.8 Å². The maximum Gasteiger partial charge on any atom is 0.332 e. The van der Waals surface area contributed by atoms with Crippen molar-refractivity contribution in [3.8, 4) is 0 Å². The summed E-state index contributed by atoms with van der Waals surface area (Å²) in [4.78, 5) is 29.7. The first-order valence-electron chi connectivity index (χ1n) is 4.56. The quantitative estimate of drug-likeness (QED) is 0.284. The van der Waals surface area contributed by atoms with E-state index in [1.807, 2.05) is 0 Å². The van der Waals surface area contributed by atoms with Gasteiger partial charge < -0.3 is 10.6 Å². The highest BCUT2D eigenvalue weighted by Gasteiger charge is 2.12. The Morgan fingerprint density at radius 2 is 2.41 bits per heavy atom. The van der Waals surface area contributed by atoms with Gasteiger partial charge in [-0.2, -0.15) is 5.12 Å².